The minimum atomic E-state index is -4.61. The summed E-state index contributed by atoms with van der Waals surface area (Å²) in [5.74, 6) is 0. The van der Waals surface area contributed by atoms with Crippen LogP contribution in [0.5, 0.6) is 0 Å². The second-order valence-electron chi connectivity index (χ2n) is 2.77. The average molecular weight is 244 g/mol. The molecule has 0 aromatic rings. The predicted molar refractivity (Wildman–Crippen MR) is 39.6 cm³/mol. The van der Waals surface area contributed by atoms with Crippen molar-refractivity contribution in [1.82, 2.24) is 0 Å². The Morgan fingerprint density at radius 3 is 2.62 bits per heavy atom. The number of ether oxygens (including phenoxy) is 4. The largest absolute Gasteiger partial charge is 0.508 e. The summed E-state index contributed by atoms with van der Waals surface area (Å²) < 4.78 is 51.5. The van der Waals surface area contributed by atoms with Gasteiger partial charge in [0.05, 0.1) is 0 Å². The van der Waals surface area contributed by atoms with Crippen molar-refractivity contribution >= 4 is 12.3 Å². The molecule has 1 heterocycles. The van der Waals surface area contributed by atoms with Gasteiger partial charge in [0.15, 0.2) is 12.7 Å². The van der Waals surface area contributed by atoms with Crippen molar-refractivity contribution in [3.63, 3.8) is 0 Å². The topological polar surface area (TPSA) is 71.1 Å². The fourth-order valence-corrected chi connectivity index (χ4v) is 0.791. The number of carbonyl (C=O) groups is 2. The highest BCUT2D eigenvalue weighted by atomic mass is 19.4. The number of hydrogen-bond acceptors (Lipinski definition) is 6. The molecule has 0 amide bonds. The standard InChI is InChI=1S/C7H7F3O6/c8-7(9,10)3-15-5(11)13-1-4-2-14-6(12)16-4/h4H,1-3H2. The van der Waals surface area contributed by atoms with E-state index >= 15 is 0 Å². The lowest BCUT2D eigenvalue weighted by atomic mass is 10.4. The van der Waals surface area contributed by atoms with Gasteiger partial charge in [0.25, 0.3) is 0 Å². The number of alkyl halides is 3. The second-order valence-corrected chi connectivity index (χ2v) is 2.77. The molecule has 0 aliphatic carbocycles. The molecule has 0 spiro atoms. The van der Waals surface area contributed by atoms with Crippen molar-refractivity contribution in [3.8, 4) is 0 Å². The minimum absolute atomic E-state index is 0.120. The molecule has 1 saturated heterocycles. The molecule has 6 nitrogen and oxygen atoms in total. The van der Waals surface area contributed by atoms with Gasteiger partial charge in [0.1, 0.15) is 13.2 Å². The van der Waals surface area contributed by atoms with E-state index < -0.39 is 37.8 Å². The smallest absolute Gasteiger partial charge is 0.430 e. The highest BCUT2D eigenvalue weighted by Crippen LogP contribution is 2.15. The van der Waals surface area contributed by atoms with Crippen LogP contribution in [-0.4, -0.2) is 44.4 Å². The van der Waals surface area contributed by atoms with Crippen molar-refractivity contribution < 1.29 is 41.7 Å². The van der Waals surface area contributed by atoms with Crippen LogP contribution < -0.4 is 0 Å². The lowest BCUT2D eigenvalue weighted by molar-refractivity contribution is -0.166. The lowest BCUT2D eigenvalue weighted by Gasteiger charge is -2.09. The van der Waals surface area contributed by atoms with E-state index in [0.717, 1.165) is 0 Å². The zero-order valence-corrected chi connectivity index (χ0v) is 7.78. The van der Waals surface area contributed by atoms with E-state index in [4.69, 9.17) is 0 Å². The first-order valence-corrected chi connectivity index (χ1v) is 4.06. The van der Waals surface area contributed by atoms with Crippen LogP contribution in [0.4, 0.5) is 22.8 Å². The fraction of sp³-hybridized carbons (Fsp3) is 0.714. The summed E-state index contributed by atoms with van der Waals surface area (Å²) in [5, 5.41) is 0. The molecule has 1 fully saturated rings. The van der Waals surface area contributed by atoms with Crippen LogP contribution in [0, 0.1) is 0 Å². The van der Waals surface area contributed by atoms with Crippen molar-refractivity contribution in [2.45, 2.75) is 12.3 Å². The maximum absolute atomic E-state index is 11.6. The molecular weight excluding hydrogens is 237 g/mol. The van der Waals surface area contributed by atoms with Gasteiger partial charge in [-0.05, 0) is 0 Å². The molecule has 0 radical (unpaired) electrons. The number of carbonyl (C=O) groups excluding carboxylic acids is 2. The van der Waals surface area contributed by atoms with Gasteiger partial charge in [-0.1, -0.05) is 0 Å². The van der Waals surface area contributed by atoms with Gasteiger partial charge in [0.2, 0.25) is 0 Å². The summed E-state index contributed by atoms with van der Waals surface area (Å²) in [4.78, 5) is 21.0. The summed E-state index contributed by atoms with van der Waals surface area (Å²) in [6.07, 6.45) is -7.83. The normalized spacial score (nSPS) is 19.9. The van der Waals surface area contributed by atoms with E-state index in [9.17, 15) is 22.8 Å². The summed E-state index contributed by atoms with van der Waals surface area (Å²) in [6, 6.07) is 0. The van der Waals surface area contributed by atoms with E-state index in [1.165, 1.54) is 0 Å². The third-order valence-corrected chi connectivity index (χ3v) is 1.39. The molecule has 1 unspecified atom stereocenters. The van der Waals surface area contributed by atoms with Gasteiger partial charge >= 0.3 is 18.5 Å². The van der Waals surface area contributed by atoms with Crippen molar-refractivity contribution in [2.24, 2.45) is 0 Å². The zero-order valence-electron chi connectivity index (χ0n) is 7.78. The Balaban J connectivity index is 2.13. The predicted octanol–water partition coefficient (Wildman–Crippen LogP) is 1.24. The molecular formula is C7H7F3O6. The molecule has 0 saturated carbocycles. The SMILES string of the molecule is O=C(OCC1COC(=O)O1)OCC(F)(F)F. The molecule has 0 N–H and O–H groups in total. The van der Waals surface area contributed by atoms with Gasteiger partial charge in [0, 0.05) is 0 Å². The minimum Gasteiger partial charge on any atom is -0.430 e. The Labute approximate surface area is 87.2 Å². The summed E-state index contributed by atoms with van der Waals surface area (Å²) >= 11 is 0. The van der Waals surface area contributed by atoms with Crippen LogP contribution in [0.1, 0.15) is 0 Å². The summed E-state index contributed by atoms with van der Waals surface area (Å²) in [6.45, 7) is -2.26. The van der Waals surface area contributed by atoms with Crippen LogP contribution in [-0.2, 0) is 18.9 Å². The quantitative estimate of drug-likeness (QED) is 0.695. The van der Waals surface area contributed by atoms with Crippen molar-refractivity contribution in [2.75, 3.05) is 19.8 Å². The average Bonchev–Trinajstić information content (AvgIpc) is 2.57. The van der Waals surface area contributed by atoms with Gasteiger partial charge < -0.3 is 18.9 Å². The molecule has 0 aromatic carbocycles. The van der Waals surface area contributed by atoms with Crippen molar-refractivity contribution in [1.29, 1.82) is 0 Å². The molecule has 0 aromatic heterocycles. The Morgan fingerprint density at radius 1 is 1.44 bits per heavy atom. The molecule has 1 aliphatic rings. The van der Waals surface area contributed by atoms with E-state index in [2.05, 4.69) is 18.9 Å². The molecule has 92 valence electrons. The van der Waals surface area contributed by atoms with Crippen LogP contribution >= 0.6 is 0 Å². The van der Waals surface area contributed by atoms with Crippen LogP contribution in [0.3, 0.4) is 0 Å². The summed E-state index contributed by atoms with van der Waals surface area (Å²) in [5.41, 5.74) is 0. The monoisotopic (exact) mass is 244 g/mol. The van der Waals surface area contributed by atoms with Crippen LogP contribution in [0.15, 0.2) is 0 Å². The number of cyclic esters (lactones) is 2. The van der Waals surface area contributed by atoms with Gasteiger partial charge in [-0.2, -0.15) is 13.2 Å². The summed E-state index contributed by atoms with van der Waals surface area (Å²) in [7, 11) is 0. The molecule has 9 heteroatoms. The molecule has 0 bridgehead atoms. The third kappa shape index (κ3) is 4.71. The van der Waals surface area contributed by atoms with Gasteiger partial charge in [-0.15, -0.1) is 0 Å². The first kappa shape index (κ1) is 12.4. The molecule has 1 rings (SSSR count). The Morgan fingerprint density at radius 2 is 2.12 bits per heavy atom. The fourth-order valence-electron chi connectivity index (χ4n) is 0.791. The molecule has 16 heavy (non-hydrogen) atoms. The Hall–Kier alpha value is -1.67. The van der Waals surface area contributed by atoms with Gasteiger partial charge in [-0.25, -0.2) is 9.59 Å². The highest BCUT2D eigenvalue weighted by Gasteiger charge is 2.31. The molecule has 1 aliphatic heterocycles. The Kier molecular flexibility index (Phi) is 3.80. The van der Waals surface area contributed by atoms with E-state index in [1.807, 2.05) is 0 Å². The highest BCUT2D eigenvalue weighted by molar-refractivity contribution is 5.62. The lowest BCUT2D eigenvalue weighted by Crippen LogP contribution is -2.24. The van der Waals surface area contributed by atoms with E-state index in [0.29, 0.717) is 0 Å². The number of halogens is 3. The second kappa shape index (κ2) is 4.90. The van der Waals surface area contributed by atoms with E-state index in [1.54, 1.807) is 0 Å². The third-order valence-electron chi connectivity index (χ3n) is 1.39. The first-order valence-electron chi connectivity index (χ1n) is 4.06. The maximum Gasteiger partial charge on any atom is 0.508 e. The van der Waals surface area contributed by atoms with E-state index in [-0.39, 0.29) is 6.61 Å². The number of hydrogen-bond donors (Lipinski definition) is 0. The Bertz CT molecular complexity index is 276. The molecule has 1 atom stereocenters. The van der Waals surface area contributed by atoms with Crippen molar-refractivity contribution in [3.05, 3.63) is 0 Å². The van der Waals surface area contributed by atoms with Gasteiger partial charge in [-0.3, -0.25) is 0 Å². The first-order chi connectivity index (χ1) is 7.37. The maximum atomic E-state index is 11.6. The van der Waals surface area contributed by atoms with Crippen LogP contribution in [0.25, 0.3) is 0 Å². The number of rotatable bonds is 3. The van der Waals surface area contributed by atoms with Crippen LogP contribution in [0.2, 0.25) is 0 Å². The zero-order chi connectivity index (χ0) is 12.2.